The van der Waals surface area contributed by atoms with E-state index in [4.69, 9.17) is 25.8 Å². The summed E-state index contributed by atoms with van der Waals surface area (Å²) < 4.78 is 44.0. The molecule has 0 radical (unpaired) electrons. The van der Waals surface area contributed by atoms with Gasteiger partial charge in [0.1, 0.15) is 23.6 Å². The largest absolute Gasteiger partial charge is 0.488 e. The van der Waals surface area contributed by atoms with Crippen molar-refractivity contribution in [1.82, 2.24) is 9.78 Å². The monoisotopic (exact) mass is 512 g/mol. The Balaban J connectivity index is 1.89. The molecule has 184 valence electrons. The fraction of sp³-hybridized carbons (Fsp3) is 0.115. The van der Waals surface area contributed by atoms with E-state index in [-0.39, 0.29) is 34.9 Å². The first kappa shape index (κ1) is 24.9. The number of methoxy groups -OCH3 is 2. The summed E-state index contributed by atoms with van der Waals surface area (Å²) in [6.07, 6.45) is 0. The number of hydrogen-bond donors (Lipinski definition) is 0. The molecule has 3 aromatic carbocycles. The summed E-state index contributed by atoms with van der Waals surface area (Å²) in [6.45, 7) is -0.122. The van der Waals surface area contributed by atoms with Gasteiger partial charge >= 0.3 is 11.9 Å². The van der Waals surface area contributed by atoms with Gasteiger partial charge in [-0.1, -0.05) is 35.9 Å². The topological polar surface area (TPSA) is 79.7 Å². The zero-order valence-electron chi connectivity index (χ0n) is 19.1. The van der Waals surface area contributed by atoms with Crippen LogP contribution in [0.4, 0.5) is 8.78 Å². The maximum absolute atomic E-state index is 13.6. The predicted molar refractivity (Wildman–Crippen MR) is 127 cm³/mol. The first-order valence-corrected chi connectivity index (χ1v) is 10.9. The average Bonchev–Trinajstić information content (AvgIpc) is 3.30. The number of nitrogens with zero attached hydrogens (tertiary/aromatic N) is 2. The fourth-order valence-corrected chi connectivity index (χ4v) is 3.72. The summed E-state index contributed by atoms with van der Waals surface area (Å²) in [5.74, 6) is -3.41. The number of hydrogen-bond acceptors (Lipinski definition) is 6. The van der Waals surface area contributed by atoms with Crippen molar-refractivity contribution in [2.24, 2.45) is 0 Å². The van der Waals surface area contributed by atoms with Crippen LogP contribution in [0, 0.1) is 11.6 Å². The van der Waals surface area contributed by atoms with Crippen LogP contribution in [0.15, 0.2) is 66.7 Å². The number of carbonyl (C=O) groups excluding carboxylic acids is 2. The molecule has 7 nitrogen and oxygen atoms in total. The maximum atomic E-state index is 13.6. The van der Waals surface area contributed by atoms with Crippen molar-refractivity contribution in [3.05, 3.63) is 100 Å². The summed E-state index contributed by atoms with van der Waals surface area (Å²) in [7, 11) is 2.35. The van der Waals surface area contributed by atoms with Gasteiger partial charge in [-0.15, -0.1) is 0 Å². The fourth-order valence-electron chi connectivity index (χ4n) is 3.55. The Labute approximate surface area is 209 Å². The minimum absolute atomic E-state index is 0.0499. The van der Waals surface area contributed by atoms with E-state index in [9.17, 15) is 18.4 Å². The second-order valence-corrected chi connectivity index (χ2v) is 7.92. The van der Waals surface area contributed by atoms with Crippen molar-refractivity contribution < 1.29 is 32.6 Å². The lowest BCUT2D eigenvalue weighted by Gasteiger charge is -2.12. The summed E-state index contributed by atoms with van der Waals surface area (Å²) in [6, 6.07) is 16.7. The minimum Gasteiger partial charge on any atom is -0.488 e. The molecule has 0 bridgehead atoms. The molecule has 0 spiro atoms. The molecule has 4 aromatic rings. The molecule has 0 aliphatic rings. The molecule has 1 aromatic heterocycles. The van der Waals surface area contributed by atoms with E-state index in [1.807, 2.05) is 0 Å². The van der Waals surface area contributed by atoms with Gasteiger partial charge in [0.15, 0.2) is 17.3 Å². The molecule has 0 saturated heterocycles. The second kappa shape index (κ2) is 10.6. The Morgan fingerprint density at radius 3 is 2.31 bits per heavy atom. The normalized spacial score (nSPS) is 10.7. The van der Waals surface area contributed by atoms with E-state index in [0.717, 1.165) is 12.1 Å². The number of rotatable bonds is 7. The highest BCUT2D eigenvalue weighted by Crippen LogP contribution is 2.37. The molecule has 4 rings (SSSR count). The molecule has 0 aliphatic carbocycles. The molecule has 0 aliphatic heterocycles. The number of carbonyl (C=O) groups is 2. The molecule has 0 saturated carbocycles. The predicted octanol–water partition coefficient (Wildman–Crippen LogP) is 5.62. The van der Waals surface area contributed by atoms with Crippen molar-refractivity contribution in [3.8, 4) is 22.7 Å². The van der Waals surface area contributed by atoms with Crippen LogP contribution in [0.5, 0.6) is 5.75 Å². The number of ether oxygens (including phenoxy) is 3. The molecular weight excluding hydrogens is 494 g/mol. The summed E-state index contributed by atoms with van der Waals surface area (Å²) in [4.78, 5) is 25.7. The quantitative estimate of drug-likeness (QED) is 0.299. The molecule has 0 N–H and O–H groups in total. The van der Waals surface area contributed by atoms with E-state index in [1.54, 1.807) is 36.4 Å². The number of aromatic nitrogens is 2. The molecule has 0 atom stereocenters. The van der Waals surface area contributed by atoms with Crippen LogP contribution in [0.2, 0.25) is 5.02 Å². The Kier molecular flexibility index (Phi) is 7.30. The van der Waals surface area contributed by atoms with Crippen molar-refractivity contribution in [2.75, 3.05) is 14.2 Å². The molecular formula is C26H19ClF2N2O5. The Morgan fingerprint density at radius 1 is 0.917 bits per heavy atom. The third-order valence-corrected chi connectivity index (χ3v) is 5.46. The van der Waals surface area contributed by atoms with Gasteiger partial charge in [0.05, 0.1) is 19.9 Å². The van der Waals surface area contributed by atoms with Gasteiger partial charge in [0.2, 0.25) is 0 Å². The zero-order chi connectivity index (χ0) is 25.8. The van der Waals surface area contributed by atoms with Crippen LogP contribution in [-0.4, -0.2) is 35.9 Å². The molecule has 0 unspecified atom stereocenters. The Bertz CT molecular complexity index is 1440. The number of halogens is 3. The highest BCUT2D eigenvalue weighted by atomic mass is 35.5. The van der Waals surface area contributed by atoms with Crippen molar-refractivity contribution in [1.29, 1.82) is 0 Å². The van der Waals surface area contributed by atoms with Gasteiger partial charge in [-0.3, -0.25) is 0 Å². The molecule has 0 amide bonds. The van der Waals surface area contributed by atoms with Gasteiger partial charge in [-0.05, 0) is 48.0 Å². The summed E-state index contributed by atoms with van der Waals surface area (Å²) >= 11 is 6.25. The third-order valence-electron chi connectivity index (χ3n) is 5.23. The van der Waals surface area contributed by atoms with Gasteiger partial charge in [-0.25, -0.2) is 23.1 Å². The van der Waals surface area contributed by atoms with Gasteiger partial charge < -0.3 is 14.2 Å². The Morgan fingerprint density at radius 2 is 1.64 bits per heavy atom. The molecule has 0 fully saturated rings. The maximum Gasteiger partial charge on any atom is 0.357 e. The highest BCUT2D eigenvalue weighted by Gasteiger charge is 2.32. The van der Waals surface area contributed by atoms with Gasteiger partial charge in [-0.2, -0.15) is 5.10 Å². The second-order valence-electron chi connectivity index (χ2n) is 7.48. The lowest BCUT2D eigenvalue weighted by Crippen LogP contribution is -2.15. The van der Waals surface area contributed by atoms with Crippen molar-refractivity contribution in [2.45, 2.75) is 6.61 Å². The van der Waals surface area contributed by atoms with Crippen LogP contribution < -0.4 is 4.74 Å². The average molecular weight is 513 g/mol. The number of esters is 2. The first-order chi connectivity index (χ1) is 17.3. The van der Waals surface area contributed by atoms with Gasteiger partial charge in [0.25, 0.3) is 0 Å². The molecule has 10 heteroatoms. The molecule has 1 heterocycles. The van der Waals surface area contributed by atoms with Crippen LogP contribution in [0.1, 0.15) is 26.4 Å². The van der Waals surface area contributed by atoms with E-state index in [0.29, 0.717) is 16.3 Å². The van der Waals surface area contributed by atoms with Crippen LogP contribution in [0.3, 0.4) is 0 Å². The lowest BCUT2D eigenvalue weighted by molar-refractivity contribution is 0.0549. The van der Waals surface area contributed by atoms with E-state index in [1.165, 1.54) is 37.1 Å². The third kappa shape index (κ3) is 4.92. The van der Waals surface area contributed by atoms with E-state index in [2.05, 4.69) is 5.10 Å². The van der Waals surface area contributed by atoms with E-state index >= 15 is 0 Å². The number of benzene rings is 3. The smallest absolute Gasteiger partial charge is 0.357 e. The van der Waals surface area contributed by atoms with Crippen LogP contribution in [-0.2, 0) is 16.1 Å². The molecule has 36 heavy (non-hydrogen) atoms. The van der Waals surface area contributed by atoms with Gasteiger partial charge in [0, 0.05) is 10.6 Å². The van der Waals surface area contributed by atoms with Crippen LogP contribution in [0.25, 0.3) is 16.9 Å². The summed E-state index contributed by atoms with van der Waals surface area (Å²) in [5.41, 5.74) is 0.859. The standard InChI is InChI=1S/C26H19ClF2N2O5/c1-34-25(32)22-23(30-31(24(22)26(33)35-2)17-6-4-3-5-7-17)18-13-16(27)9-11-21(18)36-14-15-8-10-19(28)20(29)12-15/h3-13H,14H2,1-2H3. The highest BCUT2D eigenvalue weighted by molar-refractivity contribution is 6.31. The SMILES string of the molecule is COC(=O)c1c(-c2cc(Cl)ccc2OCc2ccc(F)c(F)c2)nn(-c2ccccc2)c1C(=O)OC. The Hall–Kier alpha value is -4.24. The van der Waals surface area contributed by atoms with Crippen molar-refractivity contribution in [3.63, 3.8) is 0 Å². The first-order valence-electron chi connectivity index (χ1n) is 10.6. The summed E-state index contributed by atoms with van der Waals surface area (Å²) in [5, 5.41) is 4.84. The number of para-hydroxylation sites is 1. The van der Waals surface area contributed by atoms with E-state index < -0.39 is 23.6 Å². The lowest BCUT2D eigenvalue weighted by atomic mass is 10.0. The van der Waals surface area contributed by atoms with Crippen LogP contribution >= 0.6 is 11.6 Å². The zero-order valence-corrected chi connectivity index (χ0v) is 19.9. The van der Waals surface area contributed by atoms with Crippen molar-refractivity contribution >= 4 is 23.5 Å². The minimum atomic E-state index is -1.01.